The van der Waals surface area contributed by atoms with Crippen LogP contribution in [0.15, 0.2) is 0 Å². The van der Waals surface area contributed by atoms with Gasteiger partial charge in [-0.25, -0.2) is 0 Å². The van der Waals surface area contributed by atoms with Gasteiger partial charge in [-0.05, 0) is 13.3 Å². The summed E-state index contributed by atoms with van der Waals surface area (Å²) in [6, 6.07) is 0. The van der Waals surface area contributed by atoms with Crippen LogP contribution in [0.2, 0.25) is 0 Å². The molecule has 0 aliphatic rings. The minimum atomic E-state index is -1.37. The molecule has 0 rings (SSSR count). The van der Waals surface area contributed by atoms with Gasteiger partial charge in [0.1, 0.15) is 0 Å². The summed E-state index contributed by atoms with van der Waals surface area (Å²) in [6.07, 6.45) is -3.00. The Balaban J connectivity index is 4.33. The van der Waals surface area contributed by atoms with E-state index >= 15 is 0 Å². The summed E-state index contributed by atoms with van der Waals surface area (Å²) in [7, 11) is 0. The highest BCUT2D eigenvalue weighted by molar-refractivity contribution is 5.78. The first kappa shape index (κ1) is 12.9. The Hall–Kier alpha value is -1.14. The Labute approximate surface area is 80.8 Å². The van der Waals surface area contributed by atoms with Gasteiger partial charge >= 0.3 is 11.9 Å². The largest absolute Gasteiger partial charge is 0.481 e. The Morgan fingerprint density at radius 2 is 1.71 bits per heavy atom. The van der Waals surface area contributed by atoms with E-state index in [2.05, 4.69) is 0 Å². The standard InChI is InChI=1S/C8H14O6/c1-4(9)2-6(10)5(8(13)14)3-7(11)12/h4-6,9-10H,2-3H2,1H3,(H,11,12)(H,13,14). The maximum atomic E-state index is 10.6. The summed E-state index contributed by atoms with van der Waals surface area (Å²) in [6.45, 7) is 1.39. The topological polar surface area (TPSA) is 115 Å². The molecule has 4 N–H and O–H groups in total. The average Bonchev–Trinajstić information content (AvgIpc) is 1.97. The summed E-state index contributed by atoms with van der Waals surface area (Å²) in [4.78, 5) is 20.8. The molecule has 82 valence electrons. The lowest BCUT2D eigenvalue weighted by molar-refractivity contribution is -0.153. The van der Waals surface area contributed by atoms with Gasteiger partial charge in [-0.1, -0.05) is 0 Å². The summed E-state index contributed by atoms with van der Waals surface area (Å²) in [5, 5.41) is 35.2. The molecule has 3 unspecified atom stereocenters. The third-order valence-corrected chi connectivity index (χ3v) is 1.76. The van der Waals surface area contributed by atoms with Crippen molar-refractivity contribution in [2.24, 2.45) is 5.92 Å². The molecule has 0 bridgehead atoms. The predicted molar refractivity (Wildman–Crippen MR) is 45.7 cm³/mol. The summed E-state index contributed by atoms with van der Waals surface area (Å²) in [5.41, 5.74) is 0. The van der Waals surface area contributed by atoms with E-state index < -0.39 is 36.5 Å². The van der Waals surface area contributed by atoms with Crippen LogP contribution in [0.25, 0.3) is 0 Å². The second-order valence-electron chi connectivity index (χ2n) is 3.19. The molecule has 0 saturated heterocycles. The van der Waals surface area contributed by atoms with Crippen molar-refractivity contribution < 1.29 is 30.0 Å². The smallest absolute Gasteiger partial charge is 0.309 e. The molecule has 0 heterocycles. The van der Waals surface area contributed by atoms with Crippen LogP contribution in [0.4, 0.5) is 0 Å². The Morgan fingerprint density at radius 3 is 2.00 bits per heavy atom. The van der Waals surface area contributed by atoms with E-state index in [9.17, 15) is 14.7 Å². The molecule has 0 aliphatic carbocycles. The normalized spacial score (nSPS) is 17.1. The summed E-state index contributed by atoms with van der Waals surface area (Å²) >= 11 is 0. The van der Waals surface area contributed by atoms with Gasteiger partial charge < -0.3 is 20.4 Å². The van der Waals surface area contributed by atoms with Crippen molar-refractivity contribution in [3.63, 3.8) is 0 Å². The maximum absolute atomic E-state index is 10.6. The number of carbonyl (C=O) groups is 2. The molecule has 0 amide bonds. The average molecular weight is 206 g/mol. The van der Waals surface area contributed by atoms with Crippen LogP contribution < -0.4 is 0 Å². The molecule has 0 fully saturated rings. The van der Waals surface area contributed by atoms with E-state index in [4.69, 9.17) is 15.3 Å². The monoisotopic (exact) mass is 206 g/mol. The number of rotatable bonds is 6. The van der Waals surface area contributed by atoms with Gasteiger partial charge in [0.25, 0.3) is 0 Å². The molecule has 14 heavy (non-hydrogen) atoms. The molecule has 0 aromatic carbocycles. The van der Waals surface area contributed by atoms with Gasteiger partial charge in [0.15, 0.2) is 0 Å². The molecule has 0 spiro atoms. The van der Waals surface area contributed by atoms with Crippen LogP contribution in [0.5, 0.6) is 0 Å². The first-order valence-corrected chi connectivity index (χ1v) is 4.15. The molecule has 0 aliphatic heterocycles. The number of aliphatic hydroxyl groups is 2. The molecular weight excluding hydrogens is 192 g/mol. The second kappa shape index (κ2) is 5.56. The first-order chi connectivity index (χ1) is 6.34. The van der Waals surface area contributed by atoms with E-state index in [1.165, 1.54) is 6.92 Å². The lowest BCUT2D eigenvalue weighted by Crippen LogP contribution is -2.32. The Bertz CT molecular complexity index is 212. The zero-order valence-electron chi connectivity index (χ0n) is 7.75. The van der Waals surface area contributed by atoms with Gasteiger partial charge in [0, 0.05) is 0 Å². The number of aliphatic hydroxyl groups excluding tert-OH is 2. The van der Waals surface area contributed by atoms with E-state index in [0.717, 1.165) is 0 Å². The highest BCUT2D eigenvalue weighted by Crippen LogP contribution is 2.14. The lowest BCUT2D eigenvalue weighted by Gasteiger charge is -2.18. The van der Waals surface area contributed by atoms with Crippen LogP contribution in [0, 0.1) is 5.92 Å². The van der Waals surface area contributed by atoms with E-state index in [-0.39, 0.29) is 6.42 Å². The molecule has 0 aromatic heterocycles. The molecule has 0 radical (unpaired) electrons. The highest BCUT2D eigenvalue weighted by atomic mass is 16.4. The highest BCUT2D eigenvalue weighted by Gasteiger charge is 2.29. The quantitative estimate of drug-likeness (QED) is 0.456. The number of hydrogen-bond donors (Lipinski definition) is 4. The Morgan fingerprint density at radius 1 is 1.21 bits per heavy atom. The van der Waals surface area contributed by atoms with Crippen LogP contribution in [0.3, 0.4) is 0 Å². The first-order valence-electron chi connectivity index (χ1n) is 4.15. The predicted octanol–water partition coefficient (Wildman–Crippen LogP) is -0.706. The van der Waals surface area contributed by atoms with Crippen molar-refractivity contribution in [2.75, 3.05) is 0 Å². The fourth-order valence-electron chi connectivity index (χ4n) is 1.09. The number of aliphatic carboxylic acids is 2. The zero-order valence-corrected chi connectivity index (χ0v) is 7.75. The van der Waals surface area contributed by atoms with E-state index in [1.54, 1.807) is 0 Å². The number of hydrogen-bond acceptors (Lipinski definition) is 4. The van der Waals surface area contributed by atoms with Crippen LogP contribution in [-0.4, -0.2) is 44.6 Å². The fourth-order valence-corrected chi connectivity index (χ4v) is 1.09. The van der Waals surface area contributed by atoms with E-state index in [1.807, 2.05) is 0 Å². The number of carboxylic acids is 2. The van der Waals surface area contributed by atoms with Crippen molar-refractivity contribution >= 4 is 11.9 Å². The van der Waals surface area contributed by atoms with Crippen molar-refractivity contribution in [2.45, 2.75) is 32.0 Å². The second-order valence-corrected chi connectivity index (χ2v) is 3.19. The molecule has 6 nitrogen and oxygen atoms in total. The van der Waals surface area contributed by atoms with Gasteiger partial charge in [0.2, 0.25) is 0 Å². The zero-order chi connectivity index (χ0) is 11.3. The minimum absolute atomic E-state index is 0.149. The molecule has 0 saturated carbocycles. The van der Waals surface area contributed by atoms with Crippen LogP contribution >= 0.6 is 0 Å². The van der Waals surface area contributed by atoms with Gasteiger partial charge in [-0.15, -0.1) is 0 Å². The number of carboxylic acid groups (broad SMARTS) is 2. The van der Waals surface area contributed by atoms with Crippen molar-refractivity contribution in [1.29, 1.82) is 0 Å². The minimum Gasteiger partial charge on any atom is -0.481 e. The molecule has 0 aromatic rings. The van der Waals surface area contributed by atoms with Crippen molar-refractivity contribution in [3.05, 3.63) is 0 Å². The van der Waals surface area contributed by atoms with Gasteiger partial charge in [-0.2, -0.15) is 0 Å². The van der Waals surface area contributed by atoms with Crippen molar-refractivity contribution in [3.8, 4) is 0 Å². The summed E-state index contributed by atoms with van der Waals surface area (Å²) in [5.74, 6) is -4.04. The van der Waals surface area contributed by atoms with Crippen molar-refractivity contribution in [1.82, 2.24) is 0 Å². The SMILES string of the molecule is CC(O)CC(O)C(CC(=O)O)C(=O)O. The third kappa shape index (κ3) is 4.78. The lowest BCUT2D eigenvalue weighted by atomic mass is 9.95. The van der Waals surface area contributed by atoms with Crippen LogP contribution in [0.1, 0.15) is 19.8 Å². The Kier molecular flexibility index (Phi) is 5.11. The molecule has 6 heteroatoms. The van der Waals surface area contributed by atoms with E-state index in [0.29, 0.717) is 0 Å². The maximum Gasteiger partial charge on any atom is 0.309 e. The fraction of sp³-hybridized carbons (Fsp3) is 0.750. The molecular formula is C8H14O6. The van der Waals surface area contributed by atoms with Crippen LogP contribution in [-0.2, 0) is 9.59 Å². The molecule has 3 atom stereocenters. The third-order valence-electron chi connectivity index (χ3n) is 1.76. The summed E-state index contributed by atoms with van der Waals surface area (Å²) < 4.78 is 0. The van der Waals surface area contributed by atoms with Gasteiger partial charge in [-0.3, -0.25) is 9.59 Å². The van der Waals surface area contributed by atoms with Gasteiger partial charge in [0.05, 0.1) is 24.5 Å².